The number of fused-ring (bicyclic) bond motifs is 1. The van der Waals surface area contributed by atoms with E-state index in [1.54, 1.807) is 19.1 Å². The van der Waals surface area contributed by atoms with Gasteiger partial charge in [-0.25, -0.2) is 9.18 Å². The Balaban J connectivity index is 1.73. The van der Waals surface area contributed by atoms with Gasteiger partial charge in [0.15, 0.2) is 5.76 Å². The fourth-order valence-corrected chi connectivity index (χ4v) is 4.05. The van der Waals surface area contributed by atoms with Gasteiger partial charge in [-0.05, 0) is 36.2 Å². The van der Waals surface area contributed by atoms with Gasteiger partial charge in [-0.1, -0.05) is 53.2 Å². The van der Waals surface area contributed by atoms with Crippen LogP contribution in [0.25, 0.3) is 33.4 Å². The molecular weight excluding hydrogens is 445 g/mol. The molecule has 0 aliphatic rings. The summed E-state index contributed by atoms with van der Waals surface area (Å²) in [7, 11) is 0. The number of benzene rings is 3. The molecule has 0 aliphatic heterocycles. The predicted molar refractivity (Wildman–Crippen MR) is 124 cm³/mol. The van der Waals surface area contributed by atoms with E-state index in [0.717, 1.165) is 11.1 Å². The van der Waals surface area contributed by atoms with Crippen molar-refractivity contribution in [2.75, 3.05) is 0 Å². The van der Waals surface area contributed by atoms with Crippen LogP contribution in [0, 0.1) is 12.7 Å². The standard InChI is InChI=1S/C26H17ClFNO4/c1-15-25(31-14-20-21(27)8-5-9-22(20)28)19(23-10-11-29-33-23)12-18-17(13-24(30)32-26(15)18)16-6-3-2-4-7-16/h2-13H,14H2,1H3. The molecule has 0 N–H and O–H groups in total. The Morgan fingerprint density at radius 3 is 2.58 bits per heavy atom. The summed E-state index contributed by atoms with van der Waals surface area (Å²) in [4.78, 5) is 12.4. The summed E-state index contributed by atoms with van der Waals surface area (Å²) in [6, 6.07) is 19.0. The highest BCUT2D eigenvalue weighted by Crippen LogP contribution is 2.41. The van der Waals surface area contributed by atoms with Crippen molar-refractivity contribution < 1.29 is 18.1 Å². The molecule has 2 heterocycles. The molecule has 0 aliphatic carbocycles. The number of halogens is 2. The van der Waals surface area contributed by atoms with Crippen molar-refractivity contribution >= 4 is 22.6 Å². The SMILES string of the molecule is Cc1c(OCc2c(F)cccc2Cl)c(-c2ccno2)cc2c(-c3ccccc3)cc(=O)oc12. The summed E-state index contributed by atoms with van der Waals surface area (Å²) in [6.45, 7) is 1.65. The van der Waals surface area contributed by atoms with Crippen LogP contribution in [0.1, 0.15) is 11.1 Å². The van der Waals surface area contributed by atoms with E-state index in [0.29, 0.717) is 33.6 Å². The Morgan fingerprint density at radius 2 is 1.85 bits per heavy atom. The first-order chi connectivity index (χ1) is 16.0. The maximum absolute atomic E-state index is 14.3. The van der Waals surface area contributed by atoms with Crippen LogP contribution < -0.4 is 10.4 Å². The lowest BCUT2D eigenvalue weighted by Crippen LogP contribution is -2.04. The van der Waals surface area contributed by atoms with Crippen molar-refractivity contribution in [1.29, 1.82) is 0 Å². The van der Waals surface area contributed by atoms with Crippen molar-refractivity contribution in [1.82, 2.24) is 5.16 Å². The average molecular weight is 462 g/mol. The first-order valence-electron chi connectivity index (χ1n) is 10.2. The lowest BCUT2D eigenvalue weighted by molar-refractivity contribution is 0.298. The fourth-order valence-electron chi connectivity index (χ4n) is 3.83. The number of hydrogen-bond donors (Lipinski definition) is 0. The summed E-state index contributed by atoms with van der Waals surface area (Å²) in [6.07, 6.45) is 1.52. The summed E-state index contributed by atoms with van der Waals surface area (Å²) < 4.78 is 31.4. The summed E-state index contributed by atoms with van der Waals surface area (Å²) in [5.74, 6) is 0.367. The van der Waals surface area contributed by atoms with Crippen LogP contribution >= 0.6 is 11.6 Å². The van der Waals surface area contributed by atoms with Gasteiger partial charge in [0, 0.05) is 28.6 Å². The topological polar surface area (TPSA) is 65.5 Å². The van der Waals surface area contributed by atoms with Gasteiger partial charge in [0.05, 0.1) is 16.8 Å². The van der Waals surface area contributed by atoms with Crippen molar-refractivity contribution in [2.24, 2.45) is 0 Å². The molecule has 0 unspecified atom stereocenters. The maximum Gasteiger partial charge on any atom is 0.336 e. The Morgan fingerprint density at radius 1 is 1.03 bits per heavy atom. The number of aromatic nitrogens is 1. The molecule has 0 bridgehead atoms. The number of ether oxygens (including phenoxy) is 1. The minimum atomic E-state index is -0.486. The summed E-state index contributed by atoms with van der Waals surface area (Å²) in [5.41, 5.74) is 2.86. The summed E-state index contributed by atoms with van der Waals surface area (Å²) >= 11 is 6.17. The van der Waals surface area contributed by atoms with E-state index >= 15 is 0 Å². The Hall–Kier alpha value is -3.90. The van der Waals surface area contributed by atoms with Crippen LogP contribution in [0.4, 0.5) is 4.39 Å². The maximum atomic E-state index is 14.3. The van der Waals surface area contributed by atoms with Gasteiger partial charge < -0.3 is 13.7 Å². The molecule has 7 heteroatoms. The van der Waals surface area contributed by atoms with Gasteiger partial charge in [0.1, 0.15) is 23.8 Å². The van der Waals surface area contributed by atoms with E-state index in [-0.39, 0.29) is 17.2 Å². The minimum Gasteiger partial charge on any atom is -0.488 e. The molecule has 3 aromatic carbocycles. The van der Waals surface area contributed by atoms with E-state index < -0.39 is 11.4 Å². The zero-order valence-electron chi connectivity index (χ0n) is 17.5. The number of aryl methyl sites for hydroxylation is 1. The first-order valence-corrected chi connectivity index (χ1v) is 10.5. The fraction of sp³-hybridized carbons (Fsp3) is 0.0769. The van der Waals surface area contributed by atoms with Gasteiger partial charge in [0.25, 0.3) is 0 Å². The van der Waals surface area contributed by atoms with Crippen molar-refractivity contribution in [3.63, 3.8) is 0 Å². The monoisotopic (exact) mass is 461 g/mol. The quantitative estimate of drug-likeness (QED) is 0.269. The molecule has 0 saturated heterocycles. The predicted octanol–water partition coefficient (Wildman–Crippen LogP) is 6.79. The third-order valence-corrected chi connectivity index (χ3v) is 5.78. The van der Waals surface area contributed by atoms with Gasteiger partial charge in [-0.2, -0.15) is 0 Å². The molecule has 0 spiro atoms. The molecule has 5 aromatic rings. The van der Waals surface area contributed by atoms with Gasteiger partial charge >= 0.3 is 5.63 Å². The van der Waals surface area contributed by atoms with Crippen molar-refractivity contribution in [2.45, 2.75) is 13.5 Å². The van der Waals surface area contributed by atoms with E-state index in [1.165, 1.54) is 24.4 Å². The molecule has 5 rings (SSSR count). The van der Waals surface area contributed by atoms with Crippen LogP contribution in [0.15, 0.2) is 86.7 Å². The van der Waals surface area contributed by atoms with Crippen LogP contribution in [0.5, 0.6) is 5.75 Å². The van der Waals surface area contributed by atoms with E-state index in [9.17, 15) is 9.18 Å². The van der Waals surface area contributed by atoms with Crippen LogP contribution in [-0.4, -0.2) is 5.16 Å². The molecule has 33 heavy (non-hydrogen) atoms. The van der Waals surface area contributed by atoms with E-state index in [4.69, 9.17) is 25.3 Å². The Labute approximate surface area is 193 Å². The van der Waals surface area contributed by atoms with Gasteiger partial charge in [0.2, 0.25) is 0 Å². The molecule has 0 saturated carbocycles. The largest absolute Gasteiger partial charge is 0.488 e. The average Bonchev–Trinajstić information content (AvgIpc) is 3.35. The lowest BCUT2D eigenvalue weighted by atomic mass is 9.96. The second-order valence-electron chi connectivity index (χ2n) is 7.47. The number of rotatable bonds is 5. The zero-order valence-corrected chi connectivity index (χ0v) is 18.2. The molecule has 164 valence electrons. The van der Waals surface area contributed by atoms with Crippen LogP contribution in [0.2, 0.25) is 5.02 Å². The van der Waals surface area contributed by atoms with Crippen LogP contribution in [-0.2, 0) is 6.61 Å². The molecular formula is C26H17ClFNO4. The van der Waals surface area contributed by atoms with E-state index in [2.05, 4.69) is 5.16 Å². The van der Waals surface area contributed by atoms with Crippen molar-refractivity contribution in [3.8, 4) is 28.2 Å². The first kappa shape index (κ1) is 21.0. The second kappa shape index (κ2) is 8.56. The number of hydrogen-bond acceptors (Lipinski definition) is 5. The van der Waals surface area contributed by atoms with Gasteiger partial charge in [-0.15, -0.1) is 0 Å². The summed E-state index contributed by atoms with van der Waals surface area (Å²) in [5, 5.41) is 4.77. The van der Waals surface area contributed by atoms with E-state index in [1.807, 2.05) is 36.4 Å². The molecule has 0 fully saturated rings. The highest BCUT2D eigenvalue weighted by atomic mass is 35.5. The van der Waals surface area contributed by atoms with Crippen molar-refractivity contribution in [3.05, 3.63) is 105 Å². The molecule has 0 atom stereocenters. The smallest absolute Gasteiger partial charge is 0.336 e. The minimum absolute atomic E-state index is 0.123. The highest BCUT2D eigenvalue weighted by molar-refractivity contribution is 6.31. The lowest BCUT2D eigenvalue weighted by Gasteiger charge is -2.17. The normalized spacial score (nSPS) is 11.1. The van der Waals surface area contributed by atoms with Gasteiger partial charge in [-0.3, -0.25) is 0 Å². The number of nitrogens with zero attached hydrogens (tertiary/aromatic N) is 1. The molecule has 5 nitrogen and oxygen atoms in total. The molecule has 0 radical (unpaired) electrons. The third kappa shape index (κ3) is 3.90. The molecule has 2 aromatic heterocycles. The zero-order chi connectivity index (χ0) is 22.9. The molecule has 0 amide bonds. The third-order valence-electron chi connectivity index (χ3n) is 5.42. The highest BCUT2D eigenvalue weighted by Gasteiger charge is 2.21. The Kier molecular flexibility index (Phi) is 5.44. The second-order valence-corrected chi connectivity index (χ2v) is 7.87. The van der Waals surface area contributed by atoms with Crippen LogP contribution in [0.3, 0.4) is 0 Å². The Bertz CT molecular complexity index is 1490.